The molecular weight excluding hydrogens is 406 g/mol. The number of carbonyl (C=O) groups is 2. The predicted octanol–water partition coefficient (Wildman–Crippen LogP) is 3.75. The number of nitrogens with one attached hydrogen (secondary N) is 2. The quantitative estimate of drug-likeness (QED) is 0.308. The molecule has 0 saturated heterocycles. The molecule has 31 heavy (non-hydrogen) atoms. The second kappa shape index (κ2) is 11.2. The normalized spacial score (nSPS) is 15.7. The van der Waals surface area contributed by atoms with Crippen LogP contribution in [-0.2, 0) is 9.53 Å². The van der Waals surface area contributed by atoms with Gasteiger partial charge >= 0.3 is 17.7 Å². The van der Waals surface area contributed by atoms with E-state index in [4.69, 9.17) is 14.2 Å². The van der Waals surface area contributed by atoms with Crippen molar-refractivity contribution in [1.82, 2.24) is 10.6 Å². The van der Waals surface area contributed by atoms with Gasteiger partial charge in [-0.05, 0) is 33.6 Å². The molecule has 1 atom stereocenters. The first kappa shape index (κ1) is 24.0. The fourth-order valence-electron chi connectivity index (χ4n) is 3.34. The molecule has 0 aliphatic carbocycles. The van der Waals surface area contributed by atoms with Crippen LogP contribution in [0.25, 0.3) is 0 Å². The molecule has 0 saturated carbocycles. The number of urea groups is 1. The van der Waals surface area contributed by atoms with Gasteiger partial charge in [-0.15, -0.1) is 0 Å². The van der Waals surface area contributed by atoms with Gasteiger partial charge in [-0.25, -0.2) is 9.59 Å². The molecule has 1 heterocycles. The van der Waals surface area contributed by atoms with E-state index in [1.807, 2.05) is 6.92 Å². The number of nitrogens with zero attached hydrogens (tertiary/aromatic N) is 1. The van der Waals surface area contributed by atoms with Crippen molar-refractivity contribution in [3.05, 3.63) is 39.1 Å². The number of rotatable bonds is 11. The number of amides is 2. The Morgan fingerprint density at radius 3 is 2.35 bits per heavy atom. The van der Waals surface area contributed by atoms with Crippen molar-refractivity contribution >= 4 is 17.7 Å². The molecule has 1 aromatic carbocycles. The molecule has 1 aromatic rings. The highest BCUT2D eigenvalue weighted by Crippen LogP contribution is 2.41. The van der Waals surface area contributed by atoms with Crippen LogP contribution in [0.3, 0.4) is 0 Å². The number of nitro benzene ring substituents is 1. The lowest BCUT2D eigenvalue weighted by molar-refractivity contribution is -0.385. The van der Waals surface area contributed by atoms with Crippen molar-refractivity contribution in [2.45, 2.75) is 53.0 Å². The first-order valence-corrected chi connectivity index (χ1v) is 10.4. The van der Waals surface area contributed by atoms with E-state index in [2.05, 4.69) is 10.6 Å². The van der Waals surface area contributed by atoms with Crippen LogP contribution in [0.1, 0.15) is 58.6 Å². The van der Waals surface area contributed by atoms with Gasteiger partial charge in [-0.3, -0.25) is 10.1 Å². The van der Waals surface area contributed by atoms with Crippen LogP contribution in [-0.4, -0.2) is 36.7 Å². The summed E-state index contributed by atoms with van der Waals surface area (Å²) in [5.74, 6) is -0.279. The maximum Gasteiger partial charge on any atom is 0.338 e. The minimum Gasteiger partial charge on any atom is -0.493 e. The summed E-state index contributed by atoms with van der Waals surface area (Å²) in [5, 5.41) is 17.1. The van der Waals surface area contributed by atoms with E-state index in [9.17, 15) is 19.7 Å². The molecule has 0 radical (unpaired) electrons. The van der Waals surface area contributed by atoms with Crippen LogP contribution in [0.4, 0.5) is 10.5 Å². The van der Waals surface area contributed by atoms with Crippen LogP contribution >= 0.6 is 0 Å². The maximum atomic E-state index is 12.8. The van der Waals surface area contributed by atoms with Gasteiger partial charge in [0.15, 0.2) is 0 Å². The molecule has 0 bridgehead atoms. The van der Waals surface area contributed by atoms with Crippen molar-refractivity contribution < 1.29 is 28.7 Å². The number of ether oxygens (including phenoxy) is 3. The van der Waals surface area contributed by atoms with E-state index in [1.54, 1.807) is 20.8 Å². The van der Waals surface area contributed by atoms with E-state index in [0.29, 0.717) is 12.1 Å². The summed E-state index contributed by atoms with van der Waals surface area (Å²) >= 11 is 0. The summed E-state index contributed by atoms with van der Waals surface area (Å²) in [5.41, 5.74) is 0.637. The molecular formula is C21H29N3O7. The first-order chi connectivity index (χ1) is 14.9. The van der Waals surface area contributed by atoms with E-state index in [-0.39, 0.29) is 48.1 Å². The van der Waals surface area contributed by atoms with Gasteiger partial charge in [-0.1, -0.05) is 13.3 Å². The lowest BCUT2D eigenvalue weighted by atomic mass is 9.92. The second-order valence-electron chi connectivity index (χ2n) is 6.73. The third kappa shape index (κ3) is 5.65. The van der Waals surface area contributed by atoms with Crippen LogP contribution < -0.4 is 20.1 Å². The van der Waals surface area contributed by atoms with Gasteiger partial charge < -0.3 is 24.8 Å². The Morgan fingerprint density at radius 2 is 1.77 bits per heavy atom. The van der Waals surface area contributed by atoms with Gasteiger partial charge in [0, 0.05) is 23.4 Å². The number of hydrogen-bond acceptors (Lipinski definition) is 7. The Balaban J connectivity index is 2.72. The second-order valence-corrected chi connectivity index (χ2v) is 6.73. The molecule has 2 rings (SSSR count). The van der Waals surface area contributed by atoms with Gasteiger partial charge in [0.25, 0.3) is 0 Å². The van der Waals surface area contributed by atoms with Gasteiger partial charge in [0.1, 0.15) is 5.75 Å². The smallest absolute Gasteiger partial charge is 0.338 e. The number of carbonyl (C=O) groups excluding carboxylic acids is 2. The monoisotopic (exact) mass is 435 g/mol. The van der Waals surface area contributed by atoms with Crippen molar-refractivity contribution in [2.75, 3.05) is 19.8 Å². The number of esters is 1. The SMILES string of the molecule is CCCCC1=C(C(=O)OCC)C(c2cc([N+](=O)[O-])c(OCC)cc2OCC)NC(=O)N1. The number of allylic oxidation sites excluding steroid dienone is 1. The summed E-state index contributed by atoms with van der Waals surface area (Å²) in [4.78, 5) is 36.3. The summed E-state index contributed by atoms with van der Waals surface area (Å²) in [6.07, 6.45) is 2.05. The van der Waals surface area contributed by atoms with Crippen LogP contribution in [0.2, 0.25) is 0 Å². The summed E-state index contributed by atoms with van der Waals surface area (Å²) < 4.78 is 16.3. The van der Waals surface area contributed by atoms with Crippen molar-refractivity contribution in [1.29, 1.82) is 0 Å². The molecule has 0 aromatic heterocycles. The summed E-state index contributed by atoms with van der Waals surface area (Å²) in [6, 6.07) is 1.21. The molecule has 10 nitrogen and oxygen atoms in total. The predicted molar refractivity (Wildman–Crippen MR) is 113 cm³/mol. The topological polar surface area (TPSA) is 129 Å². The molecule has 1 aliphatic heterocycles. The molecule has 0 fully saturated rings. The summed E-state index contributed by atoms with van der Waals surface area (Å²) in [7, 11) is 0. The average Bonchev–Trinajstić information content (AvgIpc) is 2.72. The zero-order valence-corrected chi connectivity index (χ0v) is 18.3. The molecule has 1 aliphatic rings. The van der Waals surface area contributed by atoms with Crippen molar-refractivity contribution in [3.8, 4) is 11.5 Å². The highest BCUT2D eigenvalue weighted by molar-refractivity contribution is 5.95. The molecule has 170 valence electrons. The van der Waals surface area contributed by atoms with E-state index in [1.165, 1.54) is 12.1 Å². The zero-order valence-electron chi connectivity index (χ0n) is 18.3. The fraction of sp³-hybridized carbons (Fsp3) is 0.524. The van der Waals surface area contributed by atoms with Crippen LogP contribution in [0.5, 0.6) is 11.5 Å². The van der Waals surface area contributed by atoms with E-state index >= 15 is 0 Å². The third-order valence-corrected chi connectivity index (χ3v) is 4.63. The number of unbranched alkanes of at least 4 members (excludes halogenated alkanes) is 1. The number of benzene rings is 1. The lowest BCUT2D eigenvalue weighted by Gasteiger charge is -2.30. The highest BCUT2D eigenvalue weighted by atomic mass is 16.6. The Bertz CT molecular complexity index is 867. The molecule has 2 N–H and O–H groups in total. The zero-order chi connectivity index (χ0) is 23.0. The fourth-order valence-corrected chi connectivity index (χ4v) is 3.34. The van der Waals surface area contributed by atoms with Gasteiger partial charge in [-0.2, -0.15) is 0 Å². The molecule has 2 amide bonds. The van der Waals surface area contributed by atoms with Crippen LogP contribution in [0.15, 0.2) is 23.4 Å². The minimum atomic E-state index is -0.976. The van der Waals surface area contributed by atoms with E-state index in [0.717, 1.165) is 12.8 Å². The standard InChI is InChI=1S/C21H29N3O7/c1-5-9-10-14-18(20(25)31-8-4)19(23-21(26)22-14)13-11-15(24(27)28)17(30-7-3)12-16(13)29-6-2/h11-12,19H,5-10H2,1-4H3,(H2,22,23,26). The first-order valence-electron chi connectivity index (χ1n) is 10.4. The number of nitro groups is 1. The van der Waals surface area contributed by atoms with Gasteiger partial charge in [0.05, 0.1) is 36.4 Å². The Kier molecular flexibility index (Phi) is 8.65. The summed E-state index contributed by atoms with van der Waals surface area (Å²) in [6.45, 7) is 7.80. The third-order valence-electron chi connectivity index (χ3n) is 4.63. The van der Waals surface area contributed by atoms with Gasteiger partial charge in [0.2, 0.25) is 5.75 Å². The Labute approximate surface area is 181 Å². The molecule has 0 spiro atoms. The Hall–Kier alpha value is -3.30. The van der Waals surface area contributed by atoms with Crippen molar-refractivity contribution in [2.24, 2.45) is 0 Å². The molecule has 10 heteroatoms. The minimum absolute atomic E-state index is 0.0489. The largest absolute Gasteiger partial charge is 0.493 e. The highest BCUT2D eigenvalue weighted by Gasteiger charge is 2.36. The van der Waals surface area contributed by atoms with Crippen LogP contribution in [0, 0.1) is 10.1 Å². The maximum absolute atomic E-state index is 12.8. The van der Waals surface area contributed by atoms with Crippen molar-refractivity contribution in [3.63, 3.8) is 0 Å². The number of hydrogen-bond donors (Lipinski definition) is 2. The Morgan fingerprint density at radius 1 is 1.10 bits per heavy atom. The van der Waals surface area contributed by atoms with E-state index < -0.39 is 23.0 Å². The molecule has 1 unspecified atom stereocenters. The lowest BCUT2D eigenvalue weighted by Crippen LogP contribution is -2.46. The average molecular weight is 435 g/mol.